The van der Waals surface area contributed by atoms with Crippen LogP contribution in [0, 0.1) is 6.92 Å². The fourth-order valence-electron chi connectivity index (χ4n) is 3.30. The largest absolute Gasteiger partial charge is 0.465 e. The van der Waals surface area contributed by atoms with E-state index >= 15 is 0 Å². The Morgan fingerprint density at radius 1 is 1.28 bits per heavy atom. The van der Waals surface area contributed by atoms with E-state index in [9.17, 15) is 13.6 Å². The predicted octanol–water partition coefficient (Wildman–Crippen LogP) is 4.15. The zero-order chi connectivity index (χ0) is 20.6. The van der Waals surface area contributed by atoms with E-state index in [1.165, 1.54) is 11.8 Å². The van der Waals surface area contributed by atoms with Gasteiger partial charge in [0.15, 0.2) is 0 Å². The van der Waals surface area contributed by atoms with Gasteiger partial charge in [-0.15, -0.1) is 0 Å². The molecule has 2 heterocycles. The Labute approximate surface area is 165 Å². The number of esters is 1. The zero-order valence-electron chi connectivity index (χ0n) is 15.9. The third kappa shape index (κ3) is 3.80. The number of rotatable bonds is 5. The summed E-state index contributed by atoms with van der Waals surface area (Å²) in [5, 5.41) is 7.19. The van der Waals surface area contributed by atoms with E-state index in [1.807, 2.05) is 13.0 Å². The molecule has 1 saturated carbocycles. The molecule has 0 amide bonds. The molecule has 0 aliphatic heterocycles. The first-order valence-corrected chi connectivity index (χ1v) is 9.07. The molecule has 0 spiro atoms. The van der Waals surface area contributed by atoms with E-state index < -0.39 is 11.9 Å². The third-order valence-electron chi connectivity index (χ3n) is 4.86. The minimum absolute atomic E-state index is 0.205. The normalized spacial score (nSPS) is 15.6. The van der Waals surface area contributed by atoms with Crippen LogP contribution in [0.1, 0.15) is 34.8 Å². The Morgan fingerprint density at radius 2 is 2.03 bits per heavy atom. The second-order valence-corrected chi connectivity index (χ2v) is 7.01. The Bertz CT molecular complexity index is 1060. The molecule has 0 saturated heterocycles. The Balaban J connectivity index is 1.59. The van der Waals surface area contributed by atoms with Crippen LogP contribution in [0.25, 0.3) is 11.3 Å². The molecule has 1 aromatic carbocycles. The van der Waals surface area contributed by atoms with E-state index in [1.54, 1.807) is 36.8 Å². The summed E-state index contributed by atoms with van der Waals surface area (Å²) < 4.78 is 32.5. The van der Waals surface area contributed by atoms with Crippen LogP contribution in [0.4, 0.5) is 20.4 Å². The predicted molar refractivity (Wildman–Crippen MR) is 102 cm³/mol. The van der Waals surface area contributed by atoms with Crippen LogP contribution >= 0.6 is 0 Å². The van der Waals surface area contributed by atoms with Gasteiger partial charge in [0.1, 0.15) is 0 Å². The molecule has 0 bridgehead atoms. The van der Waals surface area contributed by atoms with Crippen molar-refractivity contribution in [2.75, 3.05) is 12.4 Å². The van der Waals surface area contributed by atoms with E-state index in [0.717, 1.165) is 5.56 Å². The number of benzene rings is 1. The smallest absolute Gasteiger partial charge is 0.338 e. The van der Waals surface area contributed by atoms with Gasteiger partial charge in [-0.1, -0.05) is 18.2 Å². The number of carbonyl (C=O) groups is 1. The van der Waals surface area contributed by atoms with E-state index in [-0.39, 0.29) is 18.9 Å². The number of methoxy groups -OCH3 is 1. The summed E-state index contributed by atoms with van der Waals surface area (Å²) in [7, 11) is 1.33. The molecule has 0 radical (unpaired) electrons. The van der Waals surface area contributed by atoms with Crippen LogP contribution in [0.15, 0.2) is 42.9 Å². The molecule has 29 heavy (non-hydrogen) atoms. The van der Waals surface area contributed by atoms with Crippen LogP contribution in [0.3, 0.4) is 0 Å². The molecule has 150 valence electrons. The number of ether oxygens (including phenoxy) is 1. The van der Waals surface area contributed by atoms with Crippen molar-refractivity contribution in [3.8, 4) is 11.3 Å². The Morgan fingerprint density at radius 3 is 2.76 bits per heavy atom. The lowest BCUT2D eigenvalue weighted by Gasteiger charge is -2.34. The highest BCUT2D eigenvalue weighted by Crippen LogP contribution is 2.45. The van der Waals surface area contributed by atoms with Gasteiger partial charge in [0.05, 0.1) is 36.3 Å². The summed E-state index contributed by atoms with van der Waals surface area (Å²) in [6.07, 6.45) is 4.44. The van der Waals surface area contributed by atoms with Crippen LogP contribution in [0.5, 0.6) is 0 Å². The lowest BCUT2D eigenvalue weighted by molar-refractivity contribution is -0.106. The van der Waals surface area contributed by atoms with Gasteiger partial charge in [0.25, 0.3) is 5.92 Å². The van der Waals surface area contributed by atoms with Crippen molar-refractivity contribution >= 4 is 17.6 Å². The number of hydrogen-bond donors (Lipinski definition) is 1. The number of nitrogens with one attached hydrogen (secondary N) is 1. The van der Waals surface area contributed by atoms with Crippen molar-refractivity contribution in [2.24, 2.45) is 0 Å². The highest BCUT2D eigenvalue weighted by molar-refractivity contribution is 5.97. The highest BCUT2D eigenvalue weighted by Gasteiger charge is 2.46. The summed E-state index contributed by atoms with van der Waals surface area (Å²) >= 11 is 0. The maximum atomic E-state index is 13.1. The summed E-state index contributed by atoms with van der Waals surface area (Å²) in [6, 6.07) is 6.73. The second kappa shape index (κ2) is 7.23. The monoisotopic (exact) mass is 399 g/mol. The molecule has 0 unspecified atom stereocenters. The van der Waals surface area contributed by atoms with Gasteiger partial charge < -0.3 is 10.1 Å². The van der Waals surface area contributed by atoms with Crippen molar-refractivity contribution in [1.82, 2.24) is 19.7 Å². The quantitative estimate of drug-likeness (QED) is 0.649. The molecule has 7 nitrogen and oxygen atoms in total. The molecular weight excluding hydrogens is 380 g/mol. The van der Waals surface area contributed by atoms with Crippen LogP contribution in [-0.4, -0.2) is 38.8 Å². The third-order valence-corrected chi connectivity index (χ3v) is 4.86. The Hall–Kier alpha value is -3.36. The highest BCUT2D eigenvalue weighted by atomic mass is 19.3. The van der Waals surface area contributed by atoms with Gasteiger partial charge >= 0.3 is 5.97 Å². The lowest BCUT2D eigenvalue weighted by atomic mass is 9.88. The minimum atomic E-state index is -2.60. The first kappa shape index (κ1) is 19.0. The summed E-state index contributed by atoms with van der Waals surface area (Å²) in [5.74, 6) is -2.75. The SMILES string of the molecule is COC(=O)c1ccccc1-c1nc(Nc2cnn(C3CC(F)(F)C3)c2)ncc1C. The lowest BCUT2D eigenvalue weighted by Crippen LogP contribution is -2.37. The zero-order valence-corrected chi connectivity index (χ0v) is 15.9. The molecule has 1 aliphatic rings. The Kier molecular flexibility index (Phi) is 4.73. The number of anilines is 2. The summed E-state index contributed by atoms with van der Waals surface area (Å²) in [4.78, 5) is 20.9. The van der Waals surface area contributed by atoms with Gasteiger partial charge in [-0.25, -0.2) is 23.5 Å². The number of halogens is 2. The maximum absolute atomic E-state index is 13.1. The van der Waals surface area contributed by atoms with Gasteiger partial charge in [-0.3, -0.25) is 4.68 Å². The van der Waals surface area contributed by atoms with Crippen LogP contribution < -0.4 is 5.32 Å². The summed E-state index contributed by atoms with van der Waals surface area (Å²) in [5.41, 5.74) is 3.02. The molecule has 2 aromatic heterocycles. The number of aryl methyl sites for hydroxylation is 1. The standard InChI is InChI=1S/C20H19F2N5O2/c1-12-9-23-19(25-13-10-24-27(11-13)14-7-20(21,22)8-14)26-17(12)15-5-3-4-6-16(15)18(28)29-2/h3-6,9-11,14H,7-8H2,1-2H3,(H,23,25,26). The van der Waals surface area contributed by atoms with Gasteiger partial charge in [-0.2, -0.15) is 5.10 Å². The number of hydrogen-bond acceptors (Lipinski definition) is 6. The van der Waals surface area contributed by atoms with Crippen molar-refractivity contribution in [3.05, 3.63) is 54.0 Å². The average molecular weight is 399 g/mol. The number of nitrogens with zero attached hydrogens (tertiary/aromatic N) is 4. The second-order valence-electron chi connectivity index (χ2n) is 7.01. The average Bonchev–Trinajstić information content (AvgIpc) is 3.15. The number of alkyl halides is 2. The van der Waals surface area contributed by atoms with Crippen molar-refractivity contribution in [1.29, 1.82) is 0 Å². The van der Waals surface area contributed by atoms with Crippen LogP contribution in [0.2, 0.25) is 0 Å². The topological polar surface area (TPSA) is 81.9 Å². The van der Waals surface area contributed by atoms with E-state index in [4.69, 9.17) is 4.74 Å². The van der Waals surface area contributed by atoms with Crippen molar-refractivity contribution in [2.45, 2.75) is 31.7 Å². The van der Waals surface area contributed by atoms with Gasteiger partial charge in [-0.05, 0) is 18.6 Å². The first-order valence-electron chi connectivity index (χ1n) is 9.07. The van der Waals surface area contributed by atoms with E-state index in [2.05, 4.69) is 20.4 Å². The van der Waals surface area contributed by atoms with Crippen molar-refractivity contribution in [3.63, 3.8) is 0 Å². The molecular formula is C20H19F2N5O2. The van der Waals surface area contributed by atoms with Gasteiger partial charge in [0.2, 0.25) is 5.95 Å². The number of aromatic nitrogens is 4. The molecule has 1 aliphatic carbocycles. The molecule has 9 heteroatoms. The molecule has 4 rings (SSSR count). The van der Waals surface area contributed by atoms with Crippen LogP contribution in [-0.2, 0) is 4.74 Å². The molecule has 1 fully saturated rings. The maximum Gasteiger partial charge on any atom is 0.338 e. The molecule has 0 atom stereocenters. The minimum Gasteiger partial charge on any atom is -0.465 e. The first-order chi connectivity index (χ1) is 13.9. The summed E-state index contributed by atoms with van der Waals surface area (Å²) in [6.45, 7) is 1.85. The molecule has 3 aromatic rings. The molecule has 1 N–H and O–H groups in total. The van der Waals surface area contributed by atoms with E-state index in [0.29, 0.717) is 28.5 Å². The van der Waals surface area contributed by atoms with Gasteiger partial charge in [0, 0.05) is 30.8 Å². The fourth-order valence-corrected chi connectivity index (χ4v) is 3.30. The fraction of sp³-hybridized carbons (Fsp3) is 0.300. The number of carbonyl (C=O) groups excluding carboxylic acids is 1. The van der Waals surface area contributed by atoms with Crippen molar-refractivity contribution < 1.29 is 18.3 Å².